The van der Waals surface area contributed by atoms with Crippen molar-refractivity contribution in [3.05, 3.63) is 23.3 Å². The Kier molecular flexibility index (Phi) is 2.55. The zero-order valence-corrected chi connectivity index (χ0v) is 7.04. The van der Waals surface area contributed by atoms with Crippen LogP contribution in [0.25, 0.3) is 0 Å². The molecule has 0 aliphatic rings. The topological polar surface area (TPSA) is 66.5 Å². The molecule has 0 saturated carbocycles. The molecule has 0 saturated heterocycles. The summed E-state index contributed by atoms with van der Waals surface area (Å²) in [7, 11) is 0. The van der Waals surface area contributed by atoms with Gasteiger partial charge < -0.3 is 15.9 Å². The summed E-state index contributed by atoms with van der Waals surface area (Å²) in [6, 6.07) is 3.31. The summed E-state index contributed by atoms with van der Waals surface area (Å²) >= 11 is 0. The molecule has 1 aromatic rings. The molecule has 0 bridgehead atoms. The molecule has 66 valence electrons. The molecule has 0 unspecified atom stereocenters. The predicted molar refractivity (Wildman–Crippen MR) is 48.0 cm³/mol. The molecule has 0 fully saturated rings. The number of nitrogens with two attached hydrogens (primary N) is 1. The first-order valence-corrected chi connectivity index (χ1v) is 3.84. The molecular weight excluding hydrogens is 154 g/mol. The van der Waals surface area contributed by atoms with Crippen molar-refractivity contribution in [2.45, 2.75) is 13.3 Å². The standard InChI is InChI=1S/C9H13NO2/c1-6-4-8(10)9(12)5-7(6)2-3-11/h4-5,11-12H,2-3,10H2,1H3. The highest BCUT2D eigenvalue weighted by Crippen LogP contribution is 2.24. The van der Waals surface area contributed by atoms with E-state index in [4.69, 9.17) is 10.8 Å². The quantitative estimate of drug-likeness (QED) is 0.451. The average Bonchev–Trinajstić information content (AvgIpc) is 2.01. The third-order valence-electron chi connectivity index (χ3n) is 1.87. The largest absolute Gasteiger partial charge is 0.506 e. The van der Waals surface area contributed by atoms with E-state index in [1.165, 1.54) is 0 Å². The van der Waals surface area contributed by atoms with E-state index in [9.17, 15) is 5.11 Å². The summed E-state index contributed by atoms with van der Waals surface area (Å²) in [4.78, 5) is 0. The van der Waals surface area contributed by atoms with Crippen molar-refractivity contribution < 1.29 is 10.2 Å². The van der Waals surface area contributed by atoms with Gasteiger partial charge in [-0.1, -0.05) is 0 Å². The SMILES string of the molecule is Cc1cc(N)c(O)cc1CCO. The number of hydrogen-bond acceptors (Lipinski definition) is 3. The van der Waals surface area contributed by atoms with Gasteiger partial charge in [0, 0.05) is 6.61 Å². The monoisotopic (exact) mass is 167 g/mol. The van der Waals surface area contributed by atoms with Gasteiger partial charge in [-0.15, -0.1) is 0 Å². The number of nitrogen functional groups attached to an aromatic ring is 1. The number of aryl methyl sites for hydroxylation is 1. The van der Waals surface area contributed by atoms with E-state index in [0.717, 1.165) is 11.1 Å². The Morgan fingerprint density at radius 3 is 2.67 bits per heavy atom. The first-order valence-electron chi connectivity index (χ1n) is 3.84. The fourth-order valence-corrected chi connectivity index (χ4v) is 1.15. The number of aliphatic hydroxyl groups is 1. The number of phenolic OH excluding ortho intramolecular Hbond substituents is 1. The van der Waals surface area contributed by atoms with Crippen molar-refractivity contribution in [3.8, 4) is 5.75 Å². The second-order valence-electron chi connectivity index (χ2n) is 2.81. The van der Waals surface area contributed by atoms with Crippen molar-refractivity contribution in [2.24, 2.45) is 0 Å². The van der Waals surface area contributed by atoms with Crippen LogP contribution in [0.4, 0.5) is 5.69 Å². The zero-order chi connectivity index (χ0) is 9.14. The van der Waals surface area contributed by atoms with Gasteiger partial charge in [-0.3, -0.25) is 0 Å². The van der Waals surface area contributed by atoms with Gasteiger partial charge in [-0.05, 0) is 36.6 Å². The Hall–Kier alpha value is -1.22. The number of aliphatic hydroxyl groups excluding tert-OH is 1. The Bertz CT molecular complexity index is 284. The van der Waals surface area contributed by atoms with Crippen LogP contribution < -0.4 is 5.73 Å². The van der Waals surface area contributed by atoms with Crippen molar-refractivity contribution in [2.75, 3.05) is 12.3 Å². The fraction of sp³-hybridized carbons (Fsp3) is 0.333. The number of aromatic hydroxyl groups is 1. The maximum absolute atomic E-state index is 9.24. The first-order chi connectivity index (χ1) is 5.65. The lowest BCUT2D eigenvalue weighted by Crippen LogP contribution is -1.96. The van der Waals surface area contributed by atoms with E-state index in [1.807, 2.05) is 6.92 Å². The summed E-state index contributed by atoms with van der Waals surface area (Å²) < 4.78 is 0. The normalized spacial score (nSPS) is 10.2. The van der Waals surface area contributed by atoms with E-state index in [0.29, 0.717) is 12.1 Å². The summed E-state index contributed by atoms with van der Waals surface area (Å²) in [5, 5.41) is 17.9. The van der Waals surface area contributed by atoms with Crippen LogP contribution in [0.5, 0.6) is 5.75 Å². The summed E-state index contributed by atoms with van der Waals surface area (Å²) in [5.74, 6) is 0.0871. The Balaban J connectivity index is 3.05. The number of anilines is 1. The molecule has 0 heterocycles. The van der Waals surface area contributed by atoms with Crippen LogP contribution in [0, 0.1) is 6.92 Å². The zero-order valence-electron chi connectivity index (χ0n) is 7.04. The second kappa shape index (κ2) is 3.45. The van der Waals surface area contributed by atoms with E-state index in [-0.39, 0.29) is 12.4 Å². The molecular formula is C9H13NO2. The lowest BCUT2D eigenvalue weighted by molar-refractivity contribution is 0.299. The van der Waals surface area contributed by atoms with Gasteiger partial charge in [0.1, 0.15) is 5.75 Å². The molecule has 0 radical (unpaired) electrons. The van der Waals surface area contributed by atoms with Gasteiger partial charge in [0.25, 0.3) is 0 Å². The lowest BCUT2D eigenvalue weighted by atomic mass is 10.0. The highest BCUT2D eigenvalue weighted by molar-refractivity contribution is 5.55. The molecule has 0 aromatic heterocycles. The smallest absolute Gasteiger partial charge is 0.138 e. The van der Waals surface area contributed by atoms with E-state index < -0.39 is 0 Å². The molecule has 0 aliphatic carbocycles. The molecule has 0 atom stereocenters. The van der Waals surface area contributed by atoms with Gasteiger partial charge in [0.15, 0.2) is 0 Å². The van der Waals surface area contributed by atoms with E-state index in [1.54, 1.807) is 12.1 Å². The first kappa shape index (κ1) is 8.87. The highest BCUT2D eigenvalue weighted by atomic mass is 16.3. The van der Waals surface area contributed by atoms with Crippen LogP contribution in [0.1, 0.15) is 11.1 Å². The Morgan fingerprint density at radius 1 is 1.42 bits per heavy atom. The van der Waals surface area contributed by atoms with Crippen LogP contribution in [-0.4, -0.2) is 16.8 Å². The third-order valence-corrected chi connectivity index (χ3v) is 1.87. The number of benzene rings is 1. The molecule has 0 amide bonds. The maximum atomic E-state index is 9.24. The summed E-state index contributed by atoms with van der Waals surface area (Å²) in [5.41, 5.74) is 7.79. The maximum Gasteiger partial charge on any atom is 0.138 e. The second-order valence-corrected chi connectivity index (χ2v) is 2.81. The molecule has 0 spiro atoms. The molecule has 3 nitrogen and oxygen atoms in total. The van der Waals surface area contributed by atoms with E-state index in [2.05, 4.69) is 0 Å². The van der Waals surface area contributed by atoms with Crippen LogP contribution >= 0.6 is 0 Å². The summed E-state index contributed by atoms with van der Waals surface area (Å²) in [6.45, 7) is 1.99. The van der Waals surface area contributed by atoms with Gasteiger partial charge in [-0.2, -0.15) is 0 Å². The van der Waals surface area contributed by atoms with Crippen molar-refractivity contribution in [3.63, 3.8) is 0 Å². The average molecular weight is 167 g/mol. The highest BCUT2D eigenvalue weighted by Gasteiger charge is 2.02. The molecule has 1 rings (SSSR count). The van der Waals surface area contributed by atoms with Gasteiger partial charge in [-0.25, -0.2) is 0 Å². The third kappa shape index (κ3) is 1.68. The van der Waals surface area contributed by atoms with Crippen molar-refractivity contribution in [1.29, 1.82) is 0 Å². The van der Waals surface area contributed by atoms with Crippen LogP contribution in [0.15, 0.2) is 12.1 Å². The minimum atomic E-state index is 0.0871. The van der Waals surface area contributed by atoms with Crippen LogP contribution in [0.3, 0.4) is 0 Å². The number of phenols is 1. The fourth-order valence-electron chi connectivity index (χ4n) is 1.15. The Labute approximate surface area is 71.5 Å². The van der Waals surface area contributed by atoms with E-state index >= 15 is 0 Å². The molecule has 12 heavy (non-hydrogen) atoms. The molecule has 4 N–H and O–H groups in total. The molecule has 3 heteroatoms. The van der Waals surface area contributed by atoms with Gasteiger partial charge >= 0.3 is 0 Å². The summed E-state index contributed by atoms with van der Waals surface area (Å²) in [6.07, 6.45) is 0.555. The molecule has 0 aliphatic heterocycles. The minimum Gasteiger partial charge on any atom is -0.506 e. The Morgan fingerprint density at radius 2 is 2.08 bits per heavy atom. The van der Waals surface area contributed by atoms with Gasteiger partial charge in [0.05, 0.1) is 5.69 Å². The van der Waals surface area contributed by atoms with Crippen molar-refractivity contribution in [1.82, 2.24) is 0 Å². The van der Waals surface area contributed by atoms with Crippen LogP contribution in [-0.2, 0) is 6.42 Å². The number of hydrogen-bond donors (Lipinski definition) is 3. The predicted octanol–water partition coefficient (Wildman–Crippen LogP) is 0.818. The number of rotatable bonds is 2. The minimum absolute atomic E-state index is 0.0871. The van der Waals surface area contributed by atoms with Gasteiger partial charge in [0.2, 0.25) is 0 Å². The lowest BCUT2D eigenvalue weighted by Gasteiger charge is -2.06. The molecule has 1 aromatic carbocycles. The van der Waals surface area contributed by atoms with Crippen molar-refractivity contribution >= 4 is 5.69 Å². The van der Waals surface area contributed by atoms with Crippen LogP contribution in [0.2, 0.25) is 0 Å².